The maximum absolute atomic E-state index is 10.1. The van der Waals surface area contributed by atoms with Gasteiger partial charge in [-0.25, -0.2) is 5.84 Å². The Morgan fingerprint density at radius 2 is 2.28 bits per heavy atom. The van der Waals surface area contributed by atoms with Crippen LogP contribution in [0.15, 0.2) is 24.5 Å². The first-order valence-corrected chi connectivity index (χ1v) is 5.98. The van der Waals surface area contributed by atoms with E-state index in [4.69, 9.17) is 10.6 Å². The molecule has 5 heteroatoms. The molecule has 1 unspecified atom stereocenters. The molecule has 2 aliphatic heterocycles. The Labute approximate surface area is 106 Å². The second-order valence-electron chi connectivity index (χ2n) is 5.30. The third-order valence-electron chi connectivity index (χ3n) is 3.45. The van der Waals surface area contributed by atoms with Gasteiger partial charge in [0.1, 0.15) is 5.75 Å². The second kappa shape index (κ2) is 3.63. The number of benzene rings is 1. The fraction of sp³-hybridized carbons (Fsp3) is 0.385. The highest BCUT2D eigenvalue weighted by atomic mass is 16.5. The lowest BCUT2D eigenvalue weighted by atomic mass is 9.96. The van der Waals surface area contributed by atoms with Gasteiger partial charge in [0, 0.05) is 11.6 Å². The molecule has 0 radical (unpaired) electrons. The Morgan fingerprint density at radius 3 is 3.06 bits per heavy atom. The topological polar surface area (TPSA) is 70.8 Å². The van der Waals surface area contributed by atoms with Crippen molar-refractivity contribution in [1.29, 1.82) is 0 Å². The van der Waals surface area contributed by atoms with Gasteiger partial charge in [0.2, 0.25) is 0 Å². The fourth-order valence-electron chi connectivity index (χ4n) is 2.38. The number of nitrogens with one attached hydrogen (secondary N) is 1. The van der Waals surface area contributed by atoms with Crippen LogP contribution in [0.1, 0.15) is 19.4 Å². The first-order chi connectivity index (χ1) is 8.49. The van der Waals surface area contributed by atoms with Crippen molar-refractivity contribution in [1.82, 2.24) is 0 Å². The molecule has 2 heterocycles. The predicted molar refractivity (Wildman–Crippen MR) is 70.3 cm³/mol. The smallest absolute Gasteiger partial charge is 0.163 e. The van der Waals surface area contributed by atoms with Gasteiger partial charge in [-0.1, -0.05) is 0 Å². The van der Waals surface area contributed by atoms with E-state index >= 15 is 0 Å². The molecule has 18 heavy (non-hydrogen) atoms. The number of aliphatic hydroxyl groups is 1. The number of hydrogen-bond acceptors (Lipinski definition) is 5. The molecule has 0 bridgehead atoms. The number of rotatable bonds is 0. The van der Waals surface area contributed by atoms with Gasteiger partial charge in [-0.2, -0.15) is 0 Å². The maximum Gasteiger partial charge on any atom is 0.163 e. The molecule has 1 aromatic carbocycles. The third-order valence-corrected chi connectivity index (χ3v) is 3.45. The summed E-state index contributed by atoms with van der Waals surface area (Å²) in [6.45, 7) is 3.83. The maximum atomic E-state index is 10.1. The summed E-state index contributed by atoms with van der Waals surface area (Å²) >= 11 is 0. The van der Waals surface area contributed by atoms with Crippen molar-refractivity contribution >= 4 is 11.4 Å². The molecule has 0 saturated carbocycles. The quantitative estimate of drug-likeness (QED) is 0.603. The van der Waals surface area contributed by atoms with Crippen LogP contribution in [0.3, 0.4) is 0 Å². The predicted octanol–water partition coefficient (Wildman–Crippen LogP) is 1.34. The molecule has 0 aromatic heterocycles. The second-order valence-corrected chi connectivity index (χ2v) is 5.30. The summed E-state index contributed by atoms with van der Waals surface area (Å²) in [5.74, 6) is 6.76. The van der Waals surface area contributed by atoms with Gasteiger partial charge in [-0.15, -0.1) is 0 Å². The fourth-order valence-corrected chi connectivity index (χ4v) is 2.38. The van der Waals surface area contributed by atoms with Gasteiger partial charge in [-0.05, 0) is 32.4 Å². The molecule has 0 spiro atoms. The molecule has 5 nitrogen and oxygen atoms in total. The van der Waals surface area contributed by atoms with Gasteiger partial charge < -0.3 is 15.2 Å². The Kier molecular flexibility index (Phi) is 2.30. The number of aliphatic hydroxyl groups excluding tert-OH is 1. The van der Waals surface area contributed by atoms with Crippen LogP contribution in [-0.4, -0.2) is 16.9 Å². The minimum absolute atomic E-state index is 0.499. The molecular weight excluding hydrogens is 230 g/mol. The zero-order chi connectivity index (χ0) is 12.9. The summed E-state index contributed by atoms with van der Waals surface area (Å²) in [6.07, 6.45) is 3.70. The van der Waals surface area contributed by atoms with Crippen molar-refractivity contribution in [3.8, 4) is 5.75 Å². The Bertz CT molecular complexity index is 525. The number of anilines is 2. The largest absolute Gasteiger partial charge is 0.465 e. The van der Waals surface area contributed by atoms with Crippen LogP contribution in [0, 0.1) is 0 Å². The summed E-state index contributed by atoms with van der Waals surface area (Å²) < 4.78 is 5.45. The third kappa shape index (κ3) is 1.55. The normalized spacial score (nSPS) is 23.8. The lowest BCUT2D eigenvalue weighted by molar-refractivity contribution is 0.106. The van der Waals surface area contributed by atoms with Crippen molar-refractivity contribution < 1.29 is 9.84 Å². The van der Waals surface area contributed by atoms with Crippen LogP contribution in [0.2, 0.25) is 0 Å². The Hall–Kier alpha value is -1.72. The molecule has 96 valence electrons. The number of ether oxygens (including phenoxy) is 1. The van der Waals surface area contributed by atoms with Gasteiger partial charge in [0.25, 0.3) is 0 Å². The number of hydrogen-bond donors (Lipinski definition) is 3. The van der Waals surface area contributed by atoms with E-state index < -0.39 is 11.8 Å². The van der Waals surface area contributed by atoms with Crippen molar-refractivity contribution in [2.75, 3.05) is 10.3 Å². The highest BCUT2D eigenvalue weighted by Gasteiger charge is 2.38. The summed E-state index contributed by atoms with van der Waals surface area (Å²) in [7, 11) is 0. The van der Waals surface area contributed by atoms with Crippen LogP contribution in [0.5, 0.6) is 5.75 Å². The highest BCUT2D eigenvalue weighted by molar-refractivity contribution is 5.76. The summed E-state index contributed by atoms with van der Waals surface area (Å²) in [5, 5.41) is 14.8. The summed E-state index contributed by atoms with van der Waals surface area (Å²) in [5.41, 5.74) is 2.28. The summed E-state index contributed by atoms with van der Waals surface area (Å²) in [4.78, 5) is 0. The molecule has 1 atom stereocenters. The van der Waals surface area contributed by atoms with Crippen molar-refractivity contribution in [3.63, 3.8) is 0 Å². The SMILES string of the molecule is CC1(C)Nc2cc3c(cc2N(N)C1O)OC=CC3. The van der Waals surface area contributed by atoms with Crippen molar-refractivity contribution in [2.24, 2.45) is 5.84 Å². The monoisotopic (exact) mass is 247 g/mol. The van der Waals surface area contributed by atoms with Gasteiger partial charge in [0.15, 0.2) is 6.23 Å². The molecule has 0 aliphatic carbocycles. The molecular formula is C13H17N3O2. The van der Waals surface area contributed by atoms with E-state index in [-0.39, 0.29) is 0 Å². The highest BCUT2D eigenvalue weighted by Crippen LogP contribution is 2.40. The number of allylic oxidation sites excluding steroid dienone is 1. The molecule has 0 fully saturated rings. The Morgan fingerprint density at radius 1 is 1.50 bits per heavy atom. The van der Waals surface area contributed by atoms with E-state index in [0.29, 0.717) is 0 Å². The lowest BCUT2D eigenvalue weighted by Crippen LogP contribution is -2.60. The molecule has 3 rings (SSSR count). The van der Waals surface area contributed by atoms with Gasteiger partial charge in [0.05, 0.1) is 23.2 Å². The zero-order valence-corrected chi connectivity index (χ0v) is 10.5. The van der Waals surface area contributed by atoms with Crippen LogP contribution in [0.25, 0.3) is 0 Å². The van der Waals surface area contributed by atoms with E-state index in [2.05, 4.69) is 5.32 Å². The molecule has 1 aromatic rings. The number of nitrogens with two attached hydrogens (primary N) is 1. The van der Waals surface area contributed by atoms with Crippen LogP contribution in [-0.2, 0) is 6.42 Å². The summed E-state index contributed by atoms with van der Waals surface area (Å²) in [6, 6.07) is 3.89. The van der Waals surface area contributed by atoms with Gasteiger partial charge >= 0.3 is 0 Å². The number of nitrogens with zero attached hydrogens (tertiary/aromatic N) is 1. The minimum Gasteiger partial charge on any atom is -0.465 e. The van der Waals surface area contributed by atoms with E-state index in [9.17, 15) is 5.11 Å². The van der Waals surface area contributed by atoms with Crippen molar-refractivity contribution in [2.45, 2.75) is 32.0 Å². The van der Waals surface area contributed by atoms with Crippen molar-refractivity contribution in [3.05, 3.63) is 30.0 Å². The van der Waals surface area contributed by atoms with E-state index in [0.717, 1.165) is 29.1 Å². The lowest BCUT2D eigenvalue weighted by Gasteiger charge is -2.44. The van der Waals surface area contributed by atoms with Crippen LogP contribution >= 0.6 is 0 Å². The molecule has 0 saturated heterocycles. The Balaban J connectivity index is 2.10. The molecule has 0 amide bonds. The van der Waals surface area contributed by atoms with Crippen LogP contribution < -0.4 is 20.9 Å². The average molecular weight is 247 g/mol. The minimum atomic E-state index is -0.790. The van der Waals surface area contributed by atoms with E-state index in [1.807, 2.05) is 32.1 Å². The number of fused-ring (bicyclic) bond motifs is 2. The zero-order valence-electron chi connectivity index (χ0n) is 10.5. The first kappa shape index (κ1) is 11.4. The average Bonchev–Trinajstić information content (AvgIpc) is 2.34. The van der Waals surface area contributed by atoms with E-state index in [1.54, 1.807) is 6.26 Å². The molecule has 4 N–H and O–H groups in total. The van der Waals surface area contributed by atoms with E-state index in [1.165, 1.54) is 5.01 Å². The van der Waals surface area contributed by atoms with Gasteiger partial charge in [-0.3, -0.25) is 5.01 Å². The number of hydrazine groups is 1. The van der Waals surface area contributed by atoms with Crippen LogP contribution in [0.4, 0.5) is 11.4 Å². The first-order valence-electron chi connectivity index (χ1n) is 5.98. The molecule has 2 aliphatic rings. The standard InChI is InChI=1S/C13H17N3O2/c1-13(2)12(17)16(14)10-7-11-8(4-3-5-18-11)6-9(10)15-13/h3,5-7,12,15,17H,4,14H2,1-2H3.